The number of nitriles is 1. The number of carbonyl (C=O) groups excluding carboxylic acids is 2. The van der Waals surface area contributed by atoms with Crippen LogP contribution in [0.2, 0.25) is 0 Å². The zero-order valence-corrected chi connectivity index (χ0v) is 16.6. The van der Waals surface area contributed by atoms with Crippen LogP contribution in [0, 0.1) is 18.3 Å². The molecule has 0 bridgehead atoms. The molecule has 1 amide bonds. The van der Waals surface area contributed by atoms with Crippen LogP contribution in [-0.4, -0.2) is 18.5 Å². The number of para-hydroxylation sites is 1. The molecule has 0 spiro atoms. The summed E-state index contributed by atoms with van der Waals surface area (Å²) in [5, 5.41) is 12.0. The van der Waals surface area contributed by atoms with Gasteiger partial charge in [0.25, 0.3) is 5.91 Å². The van der Waals surface area contributed by atoms with Gasteiger partial charge in [-0.25, -0.2) is 4.79 Å². The fourth-order valence-electron chi connectivity index (χ4n) is 2.76. The van der Waals surface area contributed by atoms with Gasteiger partial charge in [-0.1, -0.05) is 42.0 Å². The number of furan rings is 1. The first-order valence-corrected chi connectivity index (χ1v) is 9.38. The number of carbonyl (C=O) groups is 2. The molecule has 0 fully saturated rings. The maximum absolute atomic E-state index is 12.6. The molecule has 3 aromatic rings. The first-order chi connectivity index (χ1) is 14.5. The van der Waals surface area contributed by atoms with E-state index in [2.05, 4.69) is 5.32 Å². The summed E-state index contributed by atoms with van der Waals surface area (Å²) in [4.78, 5) is 24.7. The van der Waals surface area contributed by atoms with Crippen LogP contribution in [0.1, 0.15) is 28.6 Å². The Morgan fingerprint density at radius 3 is 2.53 bits per heavy atom. The van der Waals surface area contributed by atoms with Gasteiger partial charge in [0, 0.05) is 11.6 Å². The summed E-state index contributed by atoms with van der Waals surface area (Å²) in [6, 6.07) is 19.6. The van der Waals surface area contributed by atoms with Gasteiger partial charge in [-0.3, -0.25) is 4.79 Å². The number of ether oxygens (including phenoxy) is 1. The van der Waals surface area contributed by atoms with Crippen LogP contribution < -0.4 is 5.32 Å². The predicted molar refractivity (Wildman–Crippen MR) is 113 cm³/mol. The number of rotatable bonds is 6. The number of aryl methyl sites for hydroxylation is 1. The van der Waals surface area contributed by atoms with E-state index in [1.807, 2.05) is 37.3 Å². The summed E-state index contributed by atoms with van der Waals surface area (Å²) in [6.45, 7) is 3.91. The molecule has 3 rings (SSSR count). The molecule has 0 saturated heterocycles. The molecule has 0 aliphatic carbocycles. The maximum Gasteiger partial charge on any atom is 0.340 e. The molecular formula is C24H20N2O4. The lowest BCUT2D eigenvalue weighted by Crippen LogP contribution is -2.17. The monoisotopic (exact) mass is 400 g/mol. The highest BCUT2D eigenvalue weighted by Crippen LogP contribution is 2.24. The maximum atomic E-state index is 12.6. The van der Waals surface area contributed by atoms with Crippen LogP contribution in [0.25, 0.3) is 17.4 Å². The Kier molecular flexibility index (Phi) is 6.46. The molecule has 0 unspecified atom stereocenters. The molecule has 6 nitrogen and oxygen atoms in total. The largest absolute Gasteiger partial charge is 0.462 e. The van der Waals surface area contributed by atoms with Gasteiger partial charge < -0.3 is 14.5 Å². The summed E-state index contributed by atoms with van der Waals surface area (Å²) in [5.74, 6) is -0.199. The van der Waals surface area contributed by atoms with E-state index in [0.29, 0.717) is 11.5 Å². The molecule has 1 N–H and O–H groups in total. The van der Waals surface area contributed by atoms with Crippen molar-refractivity contribution in [2.75, 3.05) is 11.9 Å². The normalized spacial score (nSPS) is 10.9. The Bertz CT molecular complexity index is 1130. The number of hydrogen-bond acceptors (Lipinski definition) is 5. The van der Waals surface area contributed by atoms with E-state index in [9.17, 15) is 14.9 Å². The van der Waals surface area contributed by atoms with E-state index in [4.69, 9.17) is 9.15 Å². The van der Waals surface area contributed by atoms with Crippen molar-refractivity contribution in [3.63, 3.8) is 0 Å². The molecule has 0 saturated carbocycles. The van der Waals surface area contributed by atoms with Crippen LogP contribution in [-0.2, 0) is 9.53 Å². The first kappa shape index (κ1) is 20.6. The summed E-state index contributed by atoms with van der Waals surface area (Å²) in [6.07, 6.45) is 1.36. The molecule has 0 radical (unpaired) electrons. The highest BCUT2D eigenvalue weighted by molar-refractivity contribution is 6.11. The van der Waals surface area contributed by atoms with Crippen LogP contribution in [0.3, 0.4) is 0 Å². The van der Waals surface area contributed by atoms with Crippen LogP contribution in [0.15, 0.2) is 70.7 Å². The van der Waals surface area contributed by atoms with Crippen molar-refractivity contribution < 1.29 is 18.7 Å². The van der Waals surface area contributed by atoms with Crippen molar-refractivity contribution >= 4 is 23.6 Å². The highest BCUT2D eigenvalue weighted by Gasteiger charge is 2.17. The van der Waals surface area contributed by atoms with Gasteiger partial charge in [0.05, 0.1) is 17.9 Å². The Labute approximate surface area is 174 Å². The van der Waals surface area contributed by atoms with Crippen molar-refractivity contribution in [3.8, 4) is 17.4 Å². The van der Waals surface area contributed by atoms with Gasteiger partial charge in [0.1, 0.15) is 23.2 Å². The Hall–Kier alpha value is -4.11. The molecule has 6 heteroatoms. The molecule has 1 aromatic heterocycles. The lowest BCUT2D eigenvalue weighted by molar-refractivity contribution is -0.112. The molecule has 0 aliphatic heterocycles. The Balaban J connectivity index is 1.81. The van der Waals surface area contributed by atoms with Gasteiger partial charge in [0.2, 0.25) is 0 Å². The Morgan fingerprint density at radius 2 is 1.83 bits per heavy atom. The molecule has 30 heavy (non-hydrogen) atoms. The van der Waals surface area contributed by atoms with Crippen LogP contribution in [0.5, 0.6) is 0 Å². The second kappa shape index (κ2) is 9.39. The Morgan fingerprint density at radius 1 is 1.10 bits per heavy atom. The van der Waals surface area contributed by atoms with Crippen molar-refractivity contribution in [1.29, 1.82) is 5.26 Å². The second-order valence-corrected chi connectivity index (χ2v) is 6.46. The smallest absolute Gasteiger partial charge is 0.340 e. The van der Waals surface area contributed by atoms with Gasteiger partial charge in [-0.2, -0.15) is 5.26 Å². The highest BCUT2D eigenvalue weighted by atomic mass is 16.5. The van der Waals surface area contributed by atoms with Crippen molar-refractivity contribution in [3.05, 3.63) is 83.1 Å². The third-order valence-electron chi connectivity index (χ3n) is 4.29. The minimum absolute atomic E-state index is 0.154. The number of nitrogens with one attached hydrogen (secondary N) is 1. The molecule has 2 aromatic carbocycles. The summed E-state index contributed by atoms with van der Waals surface area (Å²) < 4.78 is 10.8. The average molecular weight is 400 g/mol. The average Bonchev–Trinajstić information content (AvgIpc) is 3.21. The van der Waals surface area contributed by atoms with Crippen molar-refractivity contribution in [2.24, 2.45) is 0 Å². The van der Waals surface area contributed by atoms with E-state index < -0.39 is 11.9 Å². The number of amides is 1. The first-order valence-electron chi connectivity index (χ1n) is 9.38. The fraction of sp³-hybridized carbons (Fsp3) is 0.125. The van der Waals surface area contributed by atoms with Crippen LogP contribution in [0.4, 0.5) is 5.69 Å². The van der Waals surface area contributed by atoms with E-state index in [1.54, 1.807) is 43.3 Å². The van der Waals surface area contributed by atoms with Crippen LogP contribution >= 0.6 is 0 Å². The topological polar surface area (TPSA) is 92.3 Å². The van der Waals surface area contributed by atoms with E-state index in [0.717, 1.165) is 11.1 Å². The minimum atomic E-state index is -0.650. The molecule has 0 atom stereocenters. The van der Waals surface area contributed by atoms with Gasteiger partial charge in [0.15, 0.2) is 0 Å². The zero-order valence-electron chi connectivity index (χ0n) is 16.6. The molecule has 1 heterocycles. The number of benzene rings is 2. The SMILES string of the molecule is CCOC(=O)c1ccccc1NC(=O)C(C#N)=Cc1ccc(-c2ccc(C)cc2)o1. The quantitative estimate of drug-likeness (QED) is 0.358. The lowest BCUT2D eigenvalue weighted by atomic mass is 10.1. The fourth-order valence-corrected chi connectivity index (χ4v) is 2.76. The third-order valence-corrected chi connectivity index (χ3v) is 4.29. The van der Waals surface area contributed by atoms with Crippen molar-refractivity contribution in [2.45, 2.75) is 13.8 Å². The minimum Gasteiger partial charge on any atom is -0.462 e. The number of anilines is 1. The number of esters is 1. The van der Waals surface area contributed by atoms with E-state index >= 15 is 0 Å². The third kappa shape index (κ3) is 4.83. The molecule has 150 valence electrons. The molecule has 0 aliphatic rings. The van der Waals surface area contributed by atoms with E-state index in [-0.39, 0.29) is 23.4 Å². The summed E-state index contributed by atoms with van der Waals surface area (Å²) >= 11 is 0. The van der Waals surface area contributed by atoms with Gasteiger partial charge in [-0.05, 0) is 38.1 Å². The predicted octanol–water partition coefficient (Wildman–Crippen LogP) is 4.98. The summed E-state index contributed by atoms with van der Waals surface area (Å²) in [5.41, 5.74) is 2.36. The van der Waals surface area contributed by atoms with Gasteiger partial charge in [-0.15, -0.1) is 0 Å². The summed E-state index contributed by atoms with van der Waals surface area (Å²) in [7, 11) is 0. The van der Waals surface area contributed by atoms with Gasteiger partial charge >= 0.3 is 5.97 Å². The standard InChI is InChI=1S/C24H20N2O4/c1-3-29-24(28)20-6-4-5-7-21(20)26-23(27)18(15-25)14-19-12-13-22(30-19)17-10-8-16(2)9-11-17/h4-14H,3H2,1-2H3,(H,26,27). The lowest BCUT2D eigenvalue weighted by Gasteiger charge is -2.09. The van der Waals surface area contributed by atoms with E-state index in [1.165, 1.54) is 6.08 Å². The zero-order chi connectivity index (χ0) is 21.5. The molecular weight excluding hydrogens is 380 g/mol. The number of nitrogens with zero attached hydrogens (tertiary/aromatic N) is 1. The number of hydrogen-bond donors (Lipinski definition) is 1. The van der Waals surface area contributed by atoms with Crippen molar-refractivity contribution in [1.82, 2.24) is 0 Å². The second-order valence-electron chi connectivity index (χ2n) is 6.46.